The fourth-order valence-corrected chi connectivity index (χ4v) is 3.60. The molecular weight excluding hydrogens is 282 g/mol. The molecule has 0 aromatic carbocycles. The first-order valence-electron chi connectivity index (χ1n) is 7.39. The monoisotopic (exact) mass is 309 g/mol. The minimum atomic E-state index is -0.103. The average molecular weight is 309 g/mol. The topological polar surface area (TPSA) is 67.1 Å². The second-order valence-electron chi connectivity index (χ2n) is 7.27. The molecule has 1 aliphatic heterocycles. The van der Waals surface area contributed by atoms with Crippen LogP contribution in [0.2, 0.25) is 0 Å². The molecule has 0 unspecified atom stereocenters. The Morgan fingerprint density at radius 2 is 1.95 bits per heavy atom. The number of thioether (sulfide) groups is 1. The molecule has 21 heavy (non-hydrogen) atoms. The Bertz CT molecular complexity index is 522. The lowest BCUT2D eigenvalue weighted by Crippen LogP contribution is -2.44. The number of nitrogens with two attached hydrogens (primary N) is 1. The molecule has 6 heteroatoms. The lowest BCUT2D eigenvalue weighted by Gasteiger charge is -2.39. The summed E-state index contributed by atoms with van der Waals surface area (Å²) in [4.78, 5) is 11.8. The van der Waals surface area contributed by atoms with Crippen LogP contribution in [-0.4, -0.2) is 33.6 Å². The highest BCUT2D eigenvalue weighted by Crippen LogP contribution is 2.34. The third-order valence-electron chi connectivity index (χ3n) is 3.65. The van der Waals surface area contributed by atoms with Crippen molar-refractivity contribution in [1.82, 2.24) is 9.97 Å². The highest BCUT2D eigenvalue weighted by atomic mass is 32.2. The summed E-state index contributed by atoms with van der Waals surface area (Å²) < 4.78 is 0.244. The summed E-state index contributed by atoms with van der Waals surface area (Å²) in [5, 5.41) is 0. The molecule has 0 bridgehead atoms. The van der Waals surface area contributed by atoms with E-state index in [-0.39, 0.29) is 10.2 Å². The Kier molecular flexibility index (Phi) is 4.40. The van der Waals surface area contributed by atoms with Crippen molar-refractivity contribution >= 4 is 23.4 Å². The van der Waals surface area contributed by atoms with Gasteiger partial charge in [0.05, 0.1) is 0 Å². The lowest BCUT2D eigenvalue weighted by molar-refractivity contribution is 0.542. The fourth-order valence-electron chi connectivity index (χ4n) is 2.49. The average Bonchev–Trinajstić information content (AvgIpc) is 2.36. The largest absolute Gasteiger partial charge is 0.354 e. The van der Waals surface area contributed by atoms with Gasteiger partial charge < -0.3 is 10.3 Å². The minimum absolute atomic E-state index is 0.103. The molecule has 2 rings (SSSR count). The molecule has 5 nitrogen and oxygen atoms in total. The van der Waals surface area contributed by atoms with Crippen molar-refractivity contribution in [2.45, 2.75) is 51.7 Å². The van der Waals surface area contributed by atoms with Crippen molar-refractivity contribution in [3.63, 3.8) is 0 Å². The molecule has 0 atom stereocenters. The number of aromatic nitrogens is 2. The molecule has 1 aromatic heterocycles. The summed E-state index contributed by atoms with van der Waals surface area (Å²) >= 11 is 2.02. The maximum Gasteiger partial charge on any atom is 0.148 e. The molecule has 0 amide bonds. The molecule has 118 valence electrons. The van der Waals surface area contributed by atoms with E-state index in [1.54, 1.807) is 0 Å². The van der Waals surface area contributed by atoms with Crippen LogP contribution in [0.4, 0.5) is 11.6 Å². The summed E-state index contributed by atoms with van der Waals surface area (Å²) in [5.41, 5.74) is 3.64. The standard InChI is InChI=1S/C15H27N5S/c1-10-11(19-16)17-13(14(2,3)4)18-12(10)20-7-8-21-15(5,6)9-20/h7-9,16H2,1-6H3,(H,17,18,19). The maximum absolute atomic E-state index is 5.65. The summed E-state index contributed by atoms with van der Waals surface area (Å²) in [6.07, 6.45) is 0. The van der Waals surface area contributed by atoms with E-state index in [0.29, 0.717) is 0 Å². The van der Waals surface area contributed by atoms with E-state index >= 15 is 0 Å². The number of rotatable bonds is 2. The van der Waals surface area contributed by atoms with Gasteiger partial charge in [-0.15, -0.1) is 0 Å². The quantitative estimate of drug-likeness (QED) is 0.647. The smallest absolute Gasteiger partial charge is 0.148 e. The van der Waals surface area contributed by atoms with Crippen LogP contribution < -0.4 is 16.2 Å². The summed E-state index contributed by atoms with van der Waals surface area (Å²) in [5.74, 6) is 9.33. The van der Waals surface area contributed by atoms with E-state index in [1.165, 1.54) is 0 Å². The van der Waals surface area contributed by atoms with Crippen LogP contribution in [0.25, 0.3) is 0 Å². The molecule has 2 heterocycles. The molecule has 0 radical (unpaired) electrons. The van der Waals surface area contributed by atoms with E-state index in [4.69, 9.17) is 10.8 Å². The summed E-state index contributed by atoms with van der Waals surface area (Å²) in [7, 11) is 0. The molecule has 0 spiro atoms. The van der Waals surface area contributed by atoms with Crippen LogP contribution in [-0.2, 0) is 5.41 Å². The normalized spacial score (nSPS) is 18.7. The third-order valence-corrected chi connectivity index (χ3v) is 4.95. The number of nitrogens with one attached hydrogen (secondary N) is 1. The van der Waals surface area contributed by atoms with Crippen molar-refractivity contribution in [2.24, 2.45) is 5.84 Å². The molecule has 1 aromatic rings. The van der Waals surface area contributed by atoms with Crippen molar-refractivity contribution in [1.29, 1.82) is 0 Å². The van der Waals surface area contributed by atoms with Gasteiger partial charge in [-0.2, -0.15) is 11.8 Å². The van der Waals surface area contributed by atoms with Gasteiger partial charge >= 0.3 is 0 Å². The number of nitrogen functional groups attached to an aromatic ring is 1. The zero-order valence-corrected chi connectivity index (χ0v) is 14.8. The first kappa shape index (κ1) is 16.4. The van der Waals surface area contributed by atoms with E-state index in [0.717, 1.165) is 41.9 Å². The minimum Gasteiger partial charge on any atom is -0.354 e. The van der Waals surface area contributed by atoms with E-state index in [9.17, 15) is 0 Å². The van der Waals surface area contributed by atoms with Gasteiger partial charge in [-0.25, -0.2) is 15.8 Å². The number of nitrogens with zero attached hydrogens (tertiary/aromatic N) is 3. The van der Waals surface area contributed by atoms with Gasteiger partial charge in [0, 0.05) is 34.6 Å². The molecular formula is C15H27N5S. The lowest BCUT2D eigenvalue weighted by atomic mass is 9.95. The molecule has 0 saturated carbocycles. The molecule has 3 N–H and O–H groups in total. The Hall–Kier alpha value is -1.01. The second-order valence-corrected chi connectivity index (χ2v) is 9.07. The number of anilines is 2. The Labute approximate surface area is 132 Å². The third kappa shape index (κ3) is 3.61. The van der Waals surface area contributed by atoms with E-state index in [1.807, 2.05) is 18.7 Å². The van der Waals surface area contributed by atoms with Crippen molar-refractivity contribution in [2.75, 3.05) is 29.2 Å². The molecule has 0 aliphatic carbocycles. The van der Waals surface area contributed by atoms with E-state index in [2.05, 4.69) is 49.9 Å². The van der Waals surface area contributed by atoms with Crippen molar-refractivity contribution < 1.29 is 0 Å². The first-order chi connectivity index (χ1) is 9.64. The van der Waals surface area contributed by atoms with Gasteiger partial charge in [0.2, 0.25) is 0 Å². The molecule has 1 fully saturated rings. The number of hydrogen-bond acceptors (Lipinski definition) is 6. The van der Waals surface area contributed by atoms with Crippen LogP contribution >= 0.6 is 11.8 Å². The summed E-state index contributed by atoms with van der Waals surface area (Å²) in [6.45, 7) is 15.0. The highest BCUT2D eigenvalue weighted by Gasteiger charge is 2.30. The molecule has 1 saturated heterocycles. The van der Waals surface area contributed by atoms with Gasteiger partial charge in [-0.05, 0) is 20.8 Å². The Balaban J connectivity index is 2.47. The highest BCUT2D eigenvalue weighted by molar-refractivity contribution is 8.00. The van der Waals surface area contributed by atoms with Gasteiger partial charge in [0.25, 0.3) is 0 Å². The van der Waals surface area contributed by atoms with Crippen LogP contribution in [0.5, 0.6) is 0 Å². The van der Waals surface area contributed by atoms with Crippen molar-refractivity contribution in [3.05, 3.63) is 11.4 Å². The zero-order valence-electron chi connectivity index (χ0n) is 13.9. The van der Waals surface area contributed by atoms with Gasteiger partial charge in [-0.3, -0.25) is 0 Å². The predicted molar refractivity (Wildman–Crippen MR) is 92.0 cm³/mol. The zero-order chi connectivity index (χ0) is 15.8. The van der Waals surface area contributed by atoms with Gasteiger partial charge in [-0.1, -0.05) is 20.8 Å². The van der Waals surface area contributed by atoms with E-state index < -0.39 is 0 Å². The van der Waals surface area contributed by atoms with Gasteiger partial charge in [0.15, 0.2) is 0 Å². The van der Waals surface area contributed by atoms with Gasteiger partial charge in [0.1, 0.15) is 17.5 Å². The SMILES string of the molecule is Cc1c(NN)nc(C(C)(C)C)nc1N1CCSC(C)(C)C1. The van der Waals surface area contributed by atoms with Crippen LogP contribution in [0.1, 0.15) is 46.0 Å². The molecule has 1 aliphatic rings. The summed E-state index contributed by atoms with van der Waals surface area (Å²) in [6, 6.07) is 0. The fraction of sp³-hybridized carbons (Fsp3) is 0.733. The maximum atomic E-state index is 5.65. The number of hydrogen-bond donors (Lipinski definition) is 2. The number of hydrazine groups is 1. The first-order valence-corrected chi connectivity index (χ1v) is 8.37. The Morgan fingerprint density at radius 3 is 2.48 bits per heavy atom. The van der Waals surface area contributed by atoms with Crippen LogP contribution in [0.15, 0.2) is 0 Å². The Morgan fingerprint density at radius 1 is 1.29 bits per heavy atom. The second kappa shape index (κ2) is 5.65. The van der Waals surface area contributed by atoms with Crippen LogP contribution in [0.3, 0.4) is 0 Å². The van der Waals surface area contributed by atoms with Crippen molar-refractivity contribution in [3.8, 4) is 0 Å². The van der Waals surface area contributed by atoms with Crippen LogP contribution in [0, 0.1) is 6.92 Å². The predicted octanol–water partition coefficient (Wildman–Crippen LogP) is 2.70.